The Balaban J connectivity index is 1.80. The second kappa shape index (κ2) is 4.15. The molecule has 8 heteroatoms. The summed E-state index contributed by atoms with van der Waals surface area (Å²) in [7, 11) is 0. The molecule has 1 fully saturated rings. The van der Waals surface area contributed by atoms with Crippen LogP contribution >= 0.6 is 0 Å². The fourth-order valence-corrected chi connectivity index (χ4v) is 2.02. The molecular formula is C12H11F4NO3. The zero-order valence-corrected chi connectivity index (χ0v) is 10.1. The minimum atomic E-state index is -4.72. The second-order valence-corrected chi connectivity index (χ2v) is 4.82. The van der Waals surface area contributed by atoms with Crippen molar-refractivity contribution in [1.29, 1.82) is 0 Å². The van der Waals surface area contributed by atoms with Crippen molar-refractivity contribution in [3.05, 3.63) is 18.2 Å². The molecule has 2 aliphatic rings. The molecule has 2 N–H and O–H groups in total. The van der Waals surface area contributed by atoms with Gasteiger partial charge in [0.2, 0.25) is 0 Å². The molecule has 20 heavy (non-hydrogen) atoms. The number of fused-ring (bicyclic) bond motifs is 1. The lowest BCUT2D eigenvalue weighted by Crippen LogP contribution is -2.52. The van der Waals surface area contributed by atoms with E-state index < -0.39 is 23.7 Å². The summed E-state index contributed by atoms with van der Waals surface area (Å²) in [6, 6.07) is 3.63. The van der Waals surface area contributed by atoms with E-state index in [9.17, 15) is 17.6 Å². The molecule has 1 aromatic rings. The van der Waals surface area contributed by atoms with Crippen LogP contribution in [0, 0.1) is 0 Å². The minimum absolute atomic E-state index is 0.0697. The van der Waals surface area contributed by atoms with E-state index in [1.807, 2.05) is 0 Å². The summed E-state index contributed by atoms with van der Waals surface area (Å²) >= 11 is 0. The van der Waals surface area contributed by atoms with Crippen molar-refractivity contribution in [2.24, 2.45) is 5.73 Å². The normalized spacial score (nSPS) is 29.4. The first-order valence-corrected chi connectivity index (χ1v) is 5.97. The number of ether oxygens (including phenoxy) is 3. The third-order valence-electron chi connectivity index (χ3n) is 3.16. The summed E-state index contributed by atoms with van der Waals surface area (Å²) in [6.45, 7) is 0. The van der Waals surface area contributed by atoms with Crippen LogP contribution in [0.4, 0.5) is 17.6 Å². The van der Waals surface area contributed by atoms with Crippen molar-refractivity contribution in [2.45, 2.75) is 37.2 Å². The Kier molecular flexibility index (Phi) is 2.75. The van der Waals surface area contributed by atoms with Gasteiger partial charge in [-0.05, 0) is 25.0 Å². The van der Waals surface area contributed by atoms with Gasteiger partial charge >= 0.3 is 12.2 Å². The topological polar surface area (TPSA) is 53.7 Å². The van der Waals surface area contributed by atoms with E-state index in [2.05, 4.69) is 9.47 Å². The van der Waals surface area contributed by atoms with Gasteiger partial charge in [0.1, 0.15) is 11.9 Å². The molecule has 4 nitrogen and oxygen atoms in total. The standard InChI is InChI=1S/C12H11F4NO3/c13-11(14)12(15,16)20-10-5-7(1-2-9(10)19-11)18-8-3-6(17)4-8/h1-2,5-6,8H,3-4,17H2/t6-,8-. The Morgan fingerprint density at radius 3 is 2.25 bits per heavy atom. The molecule has 1 aliphatic carbocycles. The monoisotopic (exact) mass is 293 g/mol. The average molecular weight is 293 g/mol. The highest BCUT2D eigenvalue weighted by molar-refractivity contribution is 5.47. The Labute approximate surface area is 111 Å². The van der Waals surface area contributed by atoms with Crippen LogP contribution in [0.5, 0.6) is 17.2 Å². The van der Waals surface area contributed by atoms with Crippen LogP contribution in [0.3, 0.4) is 0 Å². The van der Waals surface area contributed by atoms with Crippen LogP contribution in [0.1, 0.15) is 12.8 Å². The first-order valence-electron chi connectivity index (χ1n) is 5.97. The zero-order valence-electron chi connectivity index (χ0n) is 10.1. The molecule has 110 valence electrons. The Morgan fingerprint density at radius 2 is 1.65 bits per heavy atom. The lowest BCUT2D eigenvalue weighted by atomic mass is 9.90. The van der Waals surface area contributed by atoms with E-state index in [1.165, 1.54) is 6.07 Å². The lowest BCUT2D eigenvalue weighted by molar-refractivity contribution is -0.391. The third kappa shape index (κ3) is 2.13. The smallest absolute Gasteiger partial charge is 0.490 e. The van der Waals surface area contributed by atoms with Gasteiger partial charge in [-0.25, -0.2) is 0 Å². The van der Waals surface area contributed by atoms with E-state index >= 15 is 0 Å². The maximum Gasteiger partial charge on any atom is 0.507 e. The van der Waals surface area contributed by atoms with Gasteiger partial charge in [-0.15, -0.1) is 0 Å². The SMILES string of the molecule is N[C@H]1C[C@H](Oc2ccc3c(c2)OC(F)(F)C(F)(F)O3)C1. The molecule has 1 heterocycles. The van der Waals surface area contributed by atoms with Crippen LogP contribution in [0.15, 0.2) is 18.2 Å². The van der Waals surface area contributed by atoms with Gasteiger partial charge in [-0.3, -0.25) is 0 Å². The minimum Gasteiger partial charge on any atom is -0.490 e. The van der Waals surface area contributed by atoms with Crippen molar-refractivity contribution >= 4 is 0 Å². The molecule has 0 radical (unpaired) electrons. The van der Waals surface area contributed by atoms with E-state index in [1.54, 1.807) is 0 Å². The Bertz CT molecular complexity index is 531. The number of hydrogen-bond acceptors (Lipinski definition) is 4. The van der Waals surface area contributed by atoms with Gasteiger partial charge in [0.25, 0.3) is 0 Å². The fraction of sp³-hybridized carbons (Fsp3) is 0.500. The van der Waals surface area contributed by atoms with Crippen LogP contribution in [-0.2, 0) is 0 Å². The summed E-state index contributed by atoms with van der Waals surface area (Å²) in [4.78, 5) is 0. The molecule has 0 atom stereocenters. The predicted molar refractivity (Wildman–Crippen MR) is 59.2 cm³/mol. The highest BCUT2D eigenvalue weighted by Crippen LogP contribution is 2.48. The number of rotatable bonds is 2. The van der Waals surface area contributed by atoms with E-state index in [0.29, 0.717) is 12.8 Å². The molecule has 1 aliphatic heterocycles. The first kappa shape index (κ1) is 13.3. The van der Waals surface area contributed by atoms with Gasteiger partial charge < -0.3 is 19.9 Å². The number of hydrogen-bond donors (Lipinski definition) is 1. The van der Waals surface area contributed by atoms with Crippen molar-refractivity contribution in [3.63, 3.8) is 0 Å². The molecule has 0 amide bonds. The summed E-state index contributed by atoms with van der Waals surface area (Å²) in [5, 5.41) is 0. The van der Waals surface area contributed by atoms with Gasteiger partial charge in [0.15, 0.2) is 11.5 Å². The molecule has 0 spiro atoms. The first-order chi connectivity index (χ1) is 9.27. The van der Waals surface area contributed by atoms with Crippen LogP contribution in [0.25, 0.3) is 0 Å². The van der Waals surface area contributed by atoms with Gasteiger partial charge in [0, 0.05) is 12.1 Å². The highest BCUT2D eigenvalue weighted by Gasteiger charge is 2.65. The van der Waals surface area contributed by atoms with E-state index in [-0.39, 0.29) is 17.9 Å². The molecular weight excluding hydrogens is 282 g/mol. The molecule has 0 aromatic heterocycles. The maximum absolute atomic E-state index is 13.0. The fourth-order valence-electron chi connectivity index (χ4n) is 2.02. The van der Waals surface area contributed by atoms with Crippen molar-refractivity contribution < 1.29 is 31.8 Å². The Morgan fingerprint density at radius 1 is 1.05 bits per heavy atom. The maximum atomic E-state index is 13.0. The summed E-state index contributed by atoms with van der Waals surface area (Å²) in [5.74, 6) is -0.703. The van der Waals surface area contributed by atoms with Crippen LogP contribution in [0.2, 0.25) is 0 Å². The molecule has 0 saturated heterocycles. The van der Waals surface area contributed by atoms with Crippen molar-refractivity contribution in [2.75, 3.05) is 0 Å². The molecule has 1 saturated carbocycles. The number of benzene rings is 1. The molecule has 0 unspecified atom stereocenters. The average Bonchev–Trinajstić information content (AvgIpc) is 2.28. The zero-order chi connectivity index (χ0) is 14.5. The van der Waals surface area contributed by atoms with Gasteiger partial charge in [-0.2, -0.15) is 17.6 Å². The second-order valence-electron chi connectivity index (χ2n) is 4.82. The third-order valence-corrected chi connectivity index (χ3v) is 3.16. The quantitative estimate of drug-likeness (QED) is 0.851. The highest BCUT2D eigenvalue weighted by atomic mass is 19.3. The van der Waals surface area contributed by atoms with Crippen molar-refractivity contribution in [1.82, 2.24) is 0 Å². The largest absolute Gasteiger partial charge is 0.507 e. The molecule has 3 rings (SSSR count). The molecule has 0 bridgehead atoms. The summed E-state index contributed by atoms with van der Waals surface area (Å²) < 4.78 is 65.4. The Hall–Kier alpha value is -1.70. The van der Waals surface area contributed by atoms with Crippen LogP contribution in [-0.4, -0.2) is 24.4 Å². The van der Waals surface area contributed by atoms with Crippen molar-refractivity contribution in [3.8, 4) is 17.2 Å². The predicted octanol–water partition coefficient (Wildman–Crippen LogP) is 2.51. The molecule has 1 aromatic carbocycles. The van der Waals surface area contributed by atoms with E-state index in [4.69, 9.17) is 10.5 Å². The number of alkyl halides is 4. The summed E-state index contributed by atoms with van der Waals surface area (Å²) in [5.41, 5.74) is 5.59. The number of halogens is 4. The van der Waals surface area contributed by atoms with Crippen LogP contribution < -0.4 is 19.9 Å². The van der Waals surface area contributed by atoms with Gasteiger partial charge in [0.05, 0.1) is 0 Å². The number of nitrogens with two attached hydrogens (primary N) is 1. The summed E-state index contributed by atoms with van der Waals surface area (Å²) in [6.07, 6.45) is -8.22. The lowest BCUT2D eigenvalue weighted by Gasteiger charge is -2.34. The van der Waals surface area contributed by atoms with Gasteiger partial charge in [-0.1, -0.05) is 0 Å². The van der Waals surface area contributed by atoms with E-state index in [0.717, 1.165) is 12.1 Å².